The highest BCUT2D eigenvalue weighted by Gasteiger charge is 2.60. The fourth-order valence-corrected chi connectivity index (χ4v) is 4.35. The van der Waals surface area contributed by atoms with Crippen LogP contribution in [-0.4, -0.2) is 11.7 Å². The Morgan fingerprint density at radius 2 is 2.05 bits per heavy atom. The maximum atomic E-state index is 12.1. The SMILES string of the molecule is CC1(C)[C@@H]2CC[C@]1(C)/C(=N\OC(=O)c1ccc(Cl)cc1Cl)C2. The van der Waals surface area contributed by atoms with Crippen molar-refractivity contribution < 1.29 is 9.63 Å². The maximum Gasteiger partial charge on any atom is 0.367 e. The zero-order chi connectivity index (χ0) is 16.1. The lowest BCUT2D eigenvalue weighted by molar-refractivity contribution is 0.0508. The van der Waals surface area contributed by atoms with Gasteiger partial charge in [0.1, 0.15) is 0 Å². The van der Waals surface area contributed by atoms with E-state index in [1.54, 1.807) is 12.1 Å². The van der Waals surface area contributed by atoms with Crippen molar-refractivity contribution in [3.8, 4) is 0 Å². The minimum Gasteiger partial charge on any atom is -0.313 e. The second kappa shape index (κ2) is 5.24. The summed E-state index contributed by atoms with van der Waals surface area (Å²) in [6, 6.07) is 4.69. The normalized spacial score (nSPS) is 30.8. The number of halogens is 2. The number of benzene rings is 1. The Morgan fingerprint density at radius 3 is 2.59 bits per heavy atom. The van der Waals surface area contributed by atoms with Gasteiger partial charge in [-0.25, -0.2) is 4.79 Å². The van der Waals surface area contributed by atoms with E-state index in [2.05, 4.69) is 25.9 Å². The Kier molecular flexibility index (Phi) is 3.77. The van der Waals surface area contributed by atoms with E-state index in [0.29, 0.717) is 10.9 Å². The molecule has 22 heavy (non-hydrogen) atoms. The van der Waals surface area contributed by atoms with Crippen LogP contribution in [0.5, 0.6) is 0 Å². The van der Waals surface area contributed by atoms with Gasteiger partial charge in [-0.3, -0.25) is 0 Å². The Bertz CT molecular complexity index is 669. The highest BCUT2D eigenvalue weighted by Crippen LogP contribution is 2.64. The lowest BCUT2D eigenvalue weighted by Gasteiger charge is -2.34. The Hall–Kier alpha value is -1.06. The predicted octanol–water partition coefficient (Wildman–Crippen LogP) is 5.35. The Balaban J connectivity index is 1.79. The van der Waals surface area contributed by atoms with Crippen molar-refractivity contribution in [3.05, 3.63) is 33.8 Å². The standard InChI is InChI=1S/C17H19Cl2NO2/c1-16(2)10-6-7-17(16,3)14(8-10)20-22-15(21)12-5-4-11(18)9-13(12)19/h4-5,9-10H,6-8H2,1-3H3/b20-14-/t10-,17-/m1/s1. The summed E-state index contributed by atoms with van der Waals surface area (Å²) in [6.07, 6.45) is 3.23. The first-order valence-electron chi connectivity index (χ1n) is 7.49. The molecule has 0 radical (unpaired) electrons. The third-order valence-electron chi connectivity index (χ3n) is 5.90. The van der Waals surface area contributed by atoms with E-state index in [4.69, 9.17) is 28.0 Å². The molecule has 3 nitrogen and oxygen atoms in total. The summed E-state index contributed by atoms with van der Waals surface area (Å²) < 4.78 is 0. The summed E-state index contributed by atoms with van der Waals surface area (Å²) in [7, 11) is 0. The van der Waals surface area contributed by atoms with Crippen molar-refractivity contribution in [2.24, 2.45) is 21.9 Å². The molecule has 0 aromatic heterocycles. The van der Waals surface area contributed by atoms with Crippen LogP contribution in [0.3, 0.4) is 0 Å². The van der Waals surface area contributed by atoms with Crippen LogP contribution in [0, 0.1) is 16.7 Å². The quantitative estimate of drug-likeness (QED) is 0.537. The van der Waals surface area contributed by atoms with E-state index in [-0.39, 0.29) is 21.4 Å². The van der Waals surface area contributed by atoms with Crippen LogP contribution in [-0.2, 0) is 4.84 Å². The van der Waals surface area contributed by atoms with E-state index in [9.17, 15) is 4.79 Å². The van der Waals surface area contributed by atoms with Crippen LogP contribution >= 0.6 is 23.2 Å². The first-order valence-corrected chi connectivity index (χ1v) is 8.25. The molecular formula is C17H19Cl2NO2. The zero-order valence-electron chi connectivity index (χ0n) is 13.0. The molecule has 0 N–H and O–H groups in total. The van der Waals surface area contributed by atoms with Gasteiger partial charge < -0.3 is 4.84 Å². The minimum absolute atomic E-state index is 0.0156. The summed E-state index contributed by atoms with van der Waals surface area (Å²) in [4.78, 5) is 17.3. The average molecular weight is 340 g/mol. The molecule has 0 aliphatic heterocycles. The van der Waals surface area contributed by atoms with Crippen LogP contribution in [0.2, 0.25) is 10.0 Å². The van der Waals surface area contributed by atoms with Crippen molar-refractivity contribution in [1.29, 1.82) is 0 Å². The molecule has 5 heteroatoms. The van der Waals surface area contributed by atoms with Crippen LogP contribution in [0.15, 0.2) is 23.4 Å². The molecule has 0 heterocycles. The van der Waals surface area contributed by atoms with Crippen molar-refractivity contribution in [3.63, 3.8) is 0 Å². The molecule has 0 saturated heterocycles. The van der Waals surface area contributed by atoms with Gasteiger partial charge in [0, 0.05) is 10.4 Å². The van der Waals surface area contributed by atoms with E-state index in [1.807, 2.05) is 0 Å². The molecule has 0 amide bonds. The summed E-state index contributed by atoms with van der Waals surface area (Å²) >= 11 is 11.9. The van der Waals surface area contributed by atoms with Gasteiger partial charge in [0.2, 0.25) is 0 Å². The molecule has 118 valence electrons. The second-order valence-electron chi connectivity index (χ2n) is 7.03. The minimum atomic E-state index is -0.543. The molecule has 1 aromatic rings. The van der Waals surface area contributed by atoms with Gasteiger partial charge >= 0.3 is 5.97 Å². The number of fused-ring (bicyclic) bond motifs is 2. The summed E-state index contributed by atoms with van der Waals surface area (Å²) in [5.41, 5.74) is 1.49. The summed E-state index contributed by atoms with van der Waals surface area (Å²) in [5, 5.41) is 4.95. The van der Waals surface area contributed by atoms with E-state index < -0.39 is 5.97 Å². The van der Waals surface area contributed by atoms with E-state index in [0.717, 1.165) is 18.6 Å². The number of carbonyl (C=O) groups excluding carboxylic acids is 1. The zero-order valence-corrected chi connectivity index (χ0v) is 14.5. The van der Waals surface area contributed by atoms with Crippen molar-refractivity contribution in [1.82, 2.24) is 0 Å². The van der Waals surface area contributed by atoms with E-state index in [1.165, 1.54) is 12.5 Å². The van der Waals surface area contributed by atoms with Crippen molar-refractivity contribution >= 4 is 34.9 Å². The van der Waals surface area contributed by atoms with Gasteiger partial charge in [-0.15, -0.1) is 0 Å². The first-order chi connectivity index (χ1) is 10.3. The van der Waals surface area contributed by atoms with Gasteiger partial charge in [0.05, 0.1) is 16.3 Å². The lowest BCUT2D eigenvalue weighted by atomic mass is 9.70. The molecule has 2 fully saturated rings. The van der Waals surface area contributed by atoms with Gasteiger partial charge in [0.15, 0.2) is 0 Å². The van der Waals surface area contributed by atoms with Crippen molar-refractivity contribution in [2.75, 3.05) is 0 Å². The lowest BCUT2D eigenvalue weighted by Crippen LogP contribution is -2.32. The molecule has 2 aliphatic rings. The van der Waals surface area contributed by atoms with Crippen LogP contribution in [0.4, 0.5) is 0 Å². The predicted molar refractivity (Wildman–Crippen MR) is 88.5 cm³/mol. The van der Waals surface area contributed by atoms with Gasteiger partial charge in [0.25, 0.3) is 0 Å². The Labute approximate surface area is 140 Å². The first kappa shape index (κ1) is 15.8. The highest BCUT2D eigenvalue weighted by molar-refractivity contribution is 6.36. The maximum absolute atomic E-state index is 12.1. The highest BCUT2D eigenvalue weighted by atomic mass is 35.5. The Morgan fingerprint density at radius 1 is 1.32 bits per heavy atom. The monoisotopic (exact) mass is 339 g/mol. The molecule has 3 rings (SSSR count). The number of rotatable bonds is 2. The molecule has 0 unspecified atom stereocenters. The van der Waals surface area contributed by atoms with Gasteiger partial charge in [-0.05, 0) is 48.8 Å². The molecular weight excluding hydrogens is 321 g/mol. The third-order valence-corrected chi connectivity index (χ3v) is 6.45. The van der Waals surface area contributed by atoms with Crippen LogP contribution in [0.25, 0.3) is 0 Å². The van der Waals surface area contributed by atoms with E-state index >= 15 is 0 Å². The smallest absolute Gasteiger partial charge is 0.313 e. The largest absolute Gasteiger partial charge is 0.367 e. The molecule has 2 bridgehead atoms. The van der Waals surface area contributed by atoms with Crippen molar-refractivity contribution in [2.45, 2.75) is 40.0 Å². The number of nitrogens with zero attached hydrogens (tertiary/aromatic N) is 1. The second-order valence-corrected chi connectivity index (χ2v) is 7.88. The topological polar surface area (TPSA) is 38.7 Å². The number of oxime groups is 1. The van der Waals surface area contributed by atoms with Gasteiger partial charge in [-0.2, -0.15) is 0 Å². The van der Waals surface area contributed by atoms with Crippen LogP contribution < -0.4 is 0 Å². The summed E-state index contributed by atoms with van der Waals surface area (Å²) in [6.45, 7) is 6.79. The molecule has 1 aromatic carbocycles. The third kappa shape index (κ3) is 2.26. The average Bonchev–Trinajstić information content (AvgIpc) is 2.77. The number of hydrogen-bond donors (Lipinski definition) is 0. The number of carbonyl (C=O) groups is 1. The van der Waals surface area contributed by atoms with Crippen LogP contribution in [0.1, 0.15) is 50.4 Å². The summed E-state index contributed by atoms with van der Waals surface area (Å²) in [5.74, 6) is 0.0763. The molecule has 2 aliphatic carbocycles. The molecule has 2 atom stereocenters. The fourth-order valence-electron chi connectivity index (χ4n) is 3.87. The van der Waals surface area contributed by atoms with Gasteiger partial charge in [-0.1, -0.05) is 49.1 Å². The molecule has 0 spiro atoms. The molecule has 2 saturated carbocycles. The number of hydrogen-bond acceptors (Lipinski definition) is 3. The fraction of sp³-hybridized carbons (Fsp3) is 0.529.